The van der Waals surface area contributed by atoms with Crippen LogP contribution in [0.15, 0.2) is 43.0 Å². The maximum atomic E-state index is 12.3. The van der Waals surface area contributed by atoms with Crippen molar-refractivity contribution in [2.75, 3.05) is 25.0 Å². The van der Waals surface area contributed by atoms with Gasteiger partial charge in [0.15, 0.2) is 0 Å². The third-order valence-electron chi connectivity index (χ3n) is 4.96. The summed E-state index contributed by atoms with van der Waals surface area (Å²) >= 11 is 0. The Hall–Kier alpha value is -2.14. The third kappa shape index (κ3) is 5.16. The van der Waals surface area contributed by atoms with Crippen molar-refractivity contribution < 1.29 is 4.79 Å². The molecule has 25 heavy (non-hydrogen) atoms. The Labute approximate surface area is 150 Å². The molecule has 1 N–H and O–H groups in total. The minimum absolute atomic E-state index is 0.109. The largest absolute Gasteiger partial charge is 0.337 e. The van der Waals surface area contributed by atoms with E-state index >= 15 is 0 Å². The van der Waals surface area contributed by atoms with Crippen molar-refractivity contribution >= 4 is 11.6 Å². The number of anilines is 1. The molecule has 1 fully saturated rings. The van der Waals surface area contributed by atoms with Crippen LogP contribution in [0.1, 0.15) is 31.7 Å². The highest BCUT2D eigenvalue weighted by Gasteiger charge is 2.20. The predicted molar refractivity (Wildman–Crippen MR) is 100 cm³/mol. The van der Waals surface area contributed by atoms with Crippen molar-refractivity contribution in [2.45, 2.75) is 39.2 Å². The van der Waals surface area contributed by atoms with Gasteiger partial charge < -0.3 is 14.8 Å². The van der Waals surface area contributed by atoms with Gasteiger partial charge in [-0.3, -0.25) is 4.79 Å². The van der Waals surface area contributed by atoms with Crippen molar-refractivity contribution in [1.82, 2.24) is 14.5 Å². The molecule has 0 aliphatic carbocycles. The first-order chi connectivity index (χ1) is 12.2. The van der Waals surface area contributed by atoms with Crippen LogP contribution >= 0.6 is 0 Å². The molecule has 1 aromatic carbocycles. The molecule has 5 nitrogen and oxygen atoms in total. The van der Waals surface area contributed by atoms with E-state index in [0.717, 1.165) is 38.3 Å². The van der Waals surface area contributed by atoms with Crippen LogP contribution in [0.3, 0.4) is 0 Å². The van der Waals surface area contributed by atoms with Crippen LogP contribution in [-0.4, -0.2) is 40.0 Å². The summed E-state index contributed by atoms with van der Waals surface area (Å²) in [6.07, 6.45) is 9.69. The summed E-state index contributed by atoms with van der Waals surface area (Å²) in [5.74, 6) is 0.754. The van der Waals surface area contributed by atoms with E-state index in [1.165, 1.54) is 18.4 Å². The number of carbonyl (C=O) groups excluding carboxylic acids is 1. The highest BCUT2D eigenvalue weighted by atomic mass is 16.1. The first kappa shape index (κ1) is 17.7. The molecular weight excluding hydrogens is 312 g/mol. The lowest BCUT2D eigenvalue weighted by Crippen LogP contribution is -2.38. The number of benzene rings is 1. The molecule has 0 spiro atoms. The number of nitrogens with one attached hydrogen (secondary N) is 1. The molecule has 1 saturated heterocycles. The van der Waals surface area contributed by atoms with Gasteiger partial charge in [0, 0.05) is 44.1 Å². The standard InChI is InChI=1S/C20H28N4O/c1-2-18-7-3-4-8-19(18)22-20(25)9-12-23-11-5-6-17(14-23)15-24-13-10-21-16-24/h3-4,7-8,10,13,16-17H,2,5-6,9,11-12,14-15H2,1H3,(H,22,25). The number of rotatable bonds is 7. The van der Waals surface area contributed by atoms with E-state index in [-0.39, 0.29) is 5.91 Å². The molecule has 1 amide bonds. The molecule has 1 unspecified atom stereocenters. The number of nitrogens with zero attached hydrogens (tertiary/aromatic N) is 3. The second-order valence-corrected chi connectivity index (χ2v) is 6.88. The maximum Gasteiger partial charge on any atom is 0.225 e. The van der Waals surface area contributed by atoms with Crippen molar-refractivity contribution in [2.24, 2.45) is 5.92 Å². The fraction of sp³-hybridized carbons (Fsp3) is 0.500. The minimum Gasteiger partial charge on any atom is -0.337 e. The van der Waals surface area contributed by atoms with Crippen LogP contribution in [0, 0.1) is 5.92 Å². The van der Waals surface area contributed by atoms with E-state index in [1.54, 1.807) is 0 Å². The summed E-state index contributed by atoms with van der Waals surface area (Å²) in [5, 5.41) is 3.07. The Kier molecular flexibility index (Phi) is 6.23. The Morgan fingerprint density at radius 3 is 3.04 bits per heavy atom. The number of likely N-dealkylation sites (tertiary alicyclic amines) is 1. The van der Waals surface area contributed by atoms with Gasteiger partial charge in [0.1, 0.15) is 0 Å². The number of carbonyl (C=O) groups is 1. The van der Waals surface area contributed by atoms with Crippen molar-refractivity contribution in [3.8, 4) is 0 Å². The molecule has 1 atom stereocenters. The van der Waals surface area contributed by atoms with Crippen molar-refractivity contribution in [3.63, 3.8) is 0 Å². The molecule has 2 aromatic rings. The quantitative estimate of drug-likeness (QED) is 0.842. The lowest BCUT2D eigenvalue weighted by Gasteiger charge is -2.32. The van der Waals surface area contributed by atoms with Crippen molar-refractivity contribution in [3.05, 3.63) is 48.5 Å². The van der Waals surface area contributed by atoms with Crippen LogP contribution in [0.5, 0.6) is 0 Å². The molecule has 134 valence electrons. The van der Waals surface area contributed by atoms with Crippen LogP contribution in [-0.2, 0) is 17.8 Å². The van der Waals surface area contributed by atoms with Crippen LogP contribution < -0.4 is 5.32 Å². The van der Waals surface area contributed by atoms with Crippen LogP contribution in [0.25, 0.3) is 0 Å². The van der Waals surface area contributed by atoms with Crippen LogP contribution in [0.2, 0.25) is 0 Å². The van der Waals surface area contributed by atoms with E-state index < -0.39 is 0 Å². The molecule has 1 aliphatic rings. The smallest absolute Gasteiger partial charge is 0.225 e. The van der Waals surface area contributed by atoms with Gasteiger partial charge in [-0.05, 0) is 43.4 Å². The first-order valence-electron chi connectivity index (χ1n) is 9.30. The first-order valence-corrected chi connectivity index (χ1v) is 9.30. The number of hydrogen-bond donors (Lipinski definition) is 1. The highest BCUT2D eigenvalue weighted by Crippen LogP contribution is 2.19. The Morgan fingerprint density at radius 1 is 1.36 bits per heavy atom. The summed E-state index contributed by atoms with van der Waals surface area (Å²) in [6.45, 7) is 6.13. The van der Waals surface area contributed by atoms with Gasteiger partial charge in [0.2, 0.25) is 5.91 Å². The second-order valence-electron chi connectivity index (χ2n) is 6.88. The lowest BCUT2D eigenvalue weighted by molar-refractivity contribution is -0.116. The van der Waals surface area contributed by atoms with Gasteiger partial charge in [-0.2, -0.15) is 0 Å². The molecule has 1 aliphatic heterocycles. The Bertz CT molecular complexity index is 668. The van der Waals surface area contributed by atoms with Crippen molar-refractivity contribution in [1.29, 1.82) is 0 Å². The molecular formula is C20H28N4O. The normalized spacial score (nSPS) is 18.2. The number of amides is 1. The number of aromatic nitrogens is 2. The van der Waals surface area contributed by atoms with E-state index in [2.05, 4.69) is 32.8 Å². The molecule has 3 rings (SSSR count). The second kappa shape index (κ2) is 8.81. The van der Waals surface area contributed by atoms with E-state index in [4.69, 9.17) is 0 Å². The Balaban J connectivity index is 1.45. The summed E-state index contributed by atoms with van der Waals surface area (Å²) < 4.78 is 2.16. The van der Waals surface area contributed by atoms with E-state index in [0.29, 0.717) is 12.3 Å². The molecule has 0 bridgehead atoms. The fourth-order valence-electron chi connectivity index (χ4n) is 3.62. The number of aryl methyl sites for hydroxylation is 1. The number of imidazole rings is 1. The number of para-hydroxylation sites is 1. The zero-order valence-corrected chi connectivity index (χ0v) is 15.0. The summed E-state index contributed by atoms with van der Waals surface area (Å²) in [4.78, 5) is 18.9. The summed E-state index contributed by atoms with van der Waals surface area (Å²) in [6, 6.07) is 8.04. The summed E-state index contributed by atoms with van der Waals surface area (Å²) in [5.41, 5.74) is 2.14. The average Bonchev–Trinajstić information content (AvgIpc) is 3.14. The van der Waals surface area contributed by atoms with Gasteiger partial charge in [-0.15, -0.1) is 0 Å². The third-order valence-corrected chi connectivity index (χ3v) is 4.96. The van der Waals surface area contributed by atoms with Crippen LogP contribution in [0.4, 0.5) is 5.69 Å². The monoisotopic (exact) mass is 340 g/mol. The lowest BCUT2D eigenvalue weighted by atomic mass is 9.98. The van der Waals surface area contributed by atoms with E-state index in [1.807, 2.05) is 36.9 Å². The topological polar surface area (TPSA) is 50.2 Å². The predicted octanol–water partition coefficient (Wildman–Crippen LogP) is 3.19. The number of piperidine rings is 1. The number of hydrogen-bond acceptors (Lipinski definition) is 3. The summed E-state index contributed by atoms with van der Waals surface area (Å²) in [7, 11) is 0. The zero-order valence-electron chi connectivity index (χ0n) is 15.0. The van der Waals surface area contributed by atoms with Gasteiger partial charge in [-0.25, -0.2) is 4.98 Å². The highest BCUT2D eigenvalue weighted by molar-refractivity contribution is 5.91. The van der Waals surface area contributed by atoms with E-state index in [9.17, 15) is 4.79 Å². The molecule has 5 heteroatoms. The minimum atomic E-state index is 0.109. The SMILES string of the molecule is CCc1ccccc1NC(=O)CCN1CCCC(Cn2ccnc2)C1. The molecule has 0 radical (unpaired) electrons. The fourth-order valence-corrected chi connectivity index (χ4v) is 3.62. The molecule has 0 saturated carbocycles. The molecule has 2 heterocycles. The van der Waals surface area contributed by atoms with Gasteiger partial charge in [0.25, 0.3) is 0 Å². The van der Waals surface area contributed by atoms with Gasteiger partial charge >= 0.3 is 0 Å². The average molecular weight is 340 g/mol. The van der Waals surface area contributed by atoms with Gasteiger partial charge in [-0.1, -0.05) is 25.1 Å². The molecule has 1 aromatic heterocycles. The van der Waals surface area contributed by atoms with Gasteiger partial charge in [0.05, 0.1) is 6.33 Å². The maximum absolute atomic E-state index is 12.3. The zero-order chi connectivity index (χ0) is 17.5. The Morgan fingerprint density at radius 2 is 2.24 bits per heavy atom.